The molecule has 1 amide bonds. The van der Waals surface area contributed by atoms with Crippen molar-refractivity contribution in [3.8, 4) is 33.9 Å². The highest BCUT2D eigenvalue weighted by molar-refractivity contribution is 6.34. The number of amides is 1. The third kappa shape index (κ3) is 3.56. The van der Waals surface area contributed by atoms with Crippen LogP contribution in [0.25, 0.3) is 22.4 Å². The largest absolute Gasteiger partial charge is 0.486 e. The van der Waals surface area contributed by atoms with Crippen LogP contribution >= 0.6 is 11.6 Å². The van der Waals surface area contributed by atoms with E-state index in [1.807, 2.05) is 30.3 Å². The number of pyridine rings is 1. The molecule has 8 heteroatoms. The third-order valence-corrected chi connectivity index (χ3v) is 5.39. The molecule has 2 aromatic carbocycles. The van der Waals surface area contributed by atoms with Crippen molar-refractivity contribution < 1.29 is 18.8 Å². The van der Waals surface area contributed by atoms with Crippen molar-refractivity contribution in [1.82, 2.24) is 10.1 Å². The molecule has 5 rings (SSSR count). The van der Waals surface area contributed by atoms with E-state index in [9.17, 15) is 4.79 Å². The van der Waals surface area contributed by atoms with Gasteiger partial charge in [-0.25, -0.2) is 4.90 Å². The number of hydrogen-bond donors (Lipinski definition) is 0. The lowest BCUT2D eigenvalue weighted by Gasteiger charge is -2.21. The highest BCUT2D eigenvalue weighted by Crippen LogP contribution is 2.45. The molecule has 0 atom stereocenters. The predicted octanol–water partition coefficient (Wildman–Crippen LogP) is 5.51. The summed E-state index contributed by atoms with van der Waals surface area (Å²) in [5.74, 6) is 1.31. The normalized spacial score (nSPS) is 12.4. The van der Waals surface area contributed by atoms with Crippen LogP contribution in [-0.4, -0.2) is 29.3 Å². The van der Waals surface area contributed by atoms with E-state index >= 15 is 0 Å². The van der Waals surface area contributed by atoms with E-state index in [0.717, 1.165) is 11.1 Å². The first-order valence-electron chi connectivity index (χ1n) is 9.99. The summed E-state index contributed by atoms with van der Waals surface area (Å²) in [5.41, 5.74) is 3.25. The summed E-state index contributed by atoms with van der Waals surface area (Å²) in [6.07, 6.45) is 3.35. The highest BCUT2D eigenvalue weighted by Gasteiger charge is 2.29. The van der Waals surface area contributed by atoms with Crippen molar-refractivity contribution in [1.29, 1.82) is 0 Å². The average molecular weight is 448 g/mol. The minimum atomic E-state index is -0.265. The summed E-state index contributed by atoms with van der Waals surface area (Å²) in [4.78, 5) is 18.3. The Morgan fingerprint density at radius 1 is 0.969 bits per heavy atom. The quantitative estimate of drug-likeness (QED) is 0.410. The minimum absolute atomic E-state index is 0.265. The molecule has 0 bridgehead atoms. The van der Waals surface area contributed by atoms with E-state index in [-0.39, 0.29) is 11.8 Å². The highest BCUT2D eigenvalue weighted by atomic mass is 35.5. The first-order valence-corrected chi connectivity index (χ1v) is 10.4. The number of rotatable bonds is 4. The number of para-hydroxylation sites is 1. The van der Waals surface area contributed by atoms with Gasteiger partial charge in [0.25, 0.3) is 0 Å². The molecule has 4 aromatic rings. The molecular weight excluding hydrogens is 430 g/mol. The van der Waals surface area contributed by atoms with Crippen molar-refractivity contribution in [3.05, 3.63) is 72.0 Å². The molecule has 7 nitrogen and oxygen atoms in total. The standard InChI is InChI=1S/C24H18ClN3O4/c1-15(29)28(19-5-3-2-4-18(19)25)24-22(16-8-10-26-11-9-16)23(27-32-24)17-6-7-20-21(14-17)31-13-12-30-20/h2-11,14H,12-13H2,1H3. The molecular formula is C24H18ClN3O4. The van der Waals surface area contributed by atoms with Crippen molar-refractivity contribution in [2.45, 2.75) is 6.92 Å². The number of halogens is 1. The number of carbonyl (C=O) groups is 1. The molecule has 0 aliphatic carbocycles. The minimum Gasteiger partial charge on any atom is -0.486 e. The Balaban J connectivity index is 1.72. The van der Waals surface area contributed by atoms with Crippen LogP contribution in [0.15, 0.2) is 71.5 Å². The zero-order valence-electron chi connectivity index (χ0n) is 17.1. The van der Waals surface area contributed by atoms with Gasteiger partial charge in [-0.05, 0) is 48.0 Å². The van der Waals surface area contributed by atoms with E-state index < -0.39 is 0 Å². The van der Waals surface area contributed by atoms with E-state index in [1.165, 1.54) is 11.8 Å². The molecule has 2 aromatic heterocycles. The fraction of sp³-hybridized carbons (Fsp3) is 0.125. The lowest BCUT2D eigenvalue weighted by molar-refractivity contribution is -0.116. The molecule has 1 aliphatic heterocycles. The van der Waals surface area contributed by atoms with Gasteiger partial charge >= 0.3 is 0 Å². The van der Waals surface area contributed by atoms with Gasteiger partial charge in [0.2, 0.25) is 11.8 Å². The van der Waals surface area contributed by atoms with E-state index in [2.05, 4.69) is 10.1 Å². The second kappa shape index (κ2) is 8.36. The Labute approximate surface area is 189 Å². The Hall–Kier alpha value is -3.84. The van der Waals surface area contributed by atoms with Gasteiger partial charge in [-0.15, -0.1) is 0 Å². The third-order valence-electron chi connectivity index (χ3n) is 5.07. The smallest absolute Gasteiger partial charge is 0.247 e. The Bertz CT molecular complexity index is 1290. The average Bonchev–Trinajstić information content (AvgIpc) is 3.25. The van der Waals surface area contributed by atoms with Gasteiger partial charge in [-0.2, -0.15) is 0 Å². The molecule has 0 unspecified atom stereocenters. The van der Waals surface area contributed by atoms with Gasteiger partial charge in [0.15, 0.2) is 11.5 Å². The van der Waals surface area contributed by atoms with Crippen LogP contribution in [0.3, 0.4) is 0 Å². The number of carbonyl (C=O) groups excluding carboxylic acids is 1. The number of hydrogen-bond acceptors (Lipinski definition) is 6. The molecule has 3 heterocycles. The SMILES string of the molecule is CC(=O)N(c1ccccc1Cl)c1onc(-c2ccc3c(c2)OCCO3)c1-c1ccncc1. The van der Waals surface area contributed by atoms with E-state index in [1.54, 1.807) is 36.7 Å². The molecule has 0 fully saturated rings. The maximum Gasteiger partial charge on any atom is 0.247 e. The van der Waals surface area contributed by atoms with Crippen molar-refractivity contribution >= 4 is 29.1 Å². The second-order valence-corrected chi connectivity index (χ2v) is 7.52. The van der Waals surface area contributed by atoms with Crippen molar-refractivity contribution in [2.75, 3.05) is 18.1 Å². The lowest BCUT2D eigenvalue weighted by Crippen LogP contribution is -2.23. The van der Waals surface area contributed by atoms with Gasteiger partial charge < -0.3 is 14.0 Å². The van der Waals surface area contributed by atoms with E-state index in [0.29, 0.717) is 46.7 Å². The Morgan fingerprint density at radius 2 is 1.72 bits per heavy atom. The first kappa shape index (κ1) is 20.1. The number of nitrogens with zero attached hydrogens (tertiary/aromatic N) is 3. The summed E-state index contributed by atoms with van der Waals surface area (Å²) in [7, 11) is 0. The number of ether oxygens (including phenoxy) is 2. The number of fused-ring (bicyclic) bond motifs is 1. The Kier molecular flexibility index (Phi) is 5.25. The molecule has 0 saturated carbocycles. The maximum atomic E-state index is 12.7. The summed E-state index contributed by atoms with van der Waals surface area (Å²) in [6, 6.07) is 16.3. The molecule has 0 N–H and O–H groups in total. The topological polar surface area (TPSA) is 77.7 Å². The van der Waals surface area contributed by atoms with Crippen LogP contribution in [0.1, 0.15) is 6.92 Å². The van der Waals surface area contributed by atoms with Crippen molar-refractivity contribution in [3.63, 3.8) is 0 Å². The monoisotopic (exact) mass is 447 g/mol. The zero-order chi connectivity index (χ0) is 22.1. The molecule has 32 heavy (non-hydrogen) atoms. The van der Waals surface area contributed by atoms with Gasteiger partial charge in [0, 0.05) is 24.9 Å². The zero-order valence-corrected chi connectivity index (χ0v) is 17.9. The molecule has 160 valence electrons. The van der Waals surface area contributed by atoms with Crippen LogP contribution in [0.4, 0.5) is 11.6 Å². The van der Waals surface area contributed by atoms with Crippen LogP contribution in [0, 0.1) is 0 Å². The maximum absolute atomic E-state index is 12.7. The van der Waals surface area contributed by atoms with Crippen LogP contribution in [0.5, 0.6) is 11.5 Å². The van der Waals surface area contributed by atoms with Gasteiger partial charge in [-0.3, -0.25) is 9.78 Å². The Morgan fingerprint density at radius 3 is 2.47 bits per heavy atom. The second-order valence-electron chi connectivity index (χ2n) is 7.11. The fourth-order valence-electron chi connectivity index (χ4n) is 3.66. The molecule has 1 aliphatic rings. The van der Waals surface area contributed by atoms with Crippen LogP contribution in [0.2, 0.25) is 5.02 Å². The van der Waals surface area contributed by atoms with Gasteiger partial charge in [0.1, 0.15) is 18.9 Å². The summed E-state index contributed by atoms with van der Waals surface area (Å²) in [6.45, 7) is 2.43. The van der Waals surface area contributed by atoms with Crippen molar-refractivity contribution in [2.24, 2.45) is 0 Å². The summed E-state index contributed by atoms with van der Waals surface area (Å²) >= 11 is 6.42. The predicted molar refractivity (Wildman–Crippen MR) is 120 cm³/mol. The van der Waals surface area contributed by atoms with Crippen LogP contribution in [-0.2, 0) is 4.79 Å². The first-order chi connectivity index (χ1) is 15.6. The number of benzene rings is 2. The van der Waals surface area contributed by atoms with Crippen LogP contribution < -0.4 is 14.4 Å². The summed E-state index contributed by atoms with van der Waals surface area (Å²) in [5, 5.41) is 4.76. The lowest BCUT2D eigenvalue weighted by atomic mass is 10.0. The van der Waals surface area contributed by atoms with E-state index in [4.69, 9.17) is 25.6 Å². The van der Waals surface area contributed by atoms with Gasteiger partial charge in [0.05, 0.1) is 16.3 Å². The molecule has 0 saturated heterocycles. The number of anilines is 2. The molecule has 0 spiro atoms. The fourth-order valence-corrected chi connectivity index (χ4v) is 3.88. The van der Waals surface area contributed by atoms with Gasteiger partial charge in [-0.1, -0.05) is 28.9 Å². The summed E-state index contributed by atoms with van der Waals surface area (Å²) < 4.78 is 17.1. The number of aromatic nitrogens is 2. The molecule has 0 radical (unpaired) electrons.